The lowest BCUT2D eigenvalue weighted by Gasteiger charge is -2.34. The third-order valence-corrected chi connectivity index (χ3v) is 5.69. The molecule has 2 saturated heterocycles. The Balaban J connectivity index is 1.41. The van der Waals surface area contributed by atoms with Crippen LogP contribution in [0.25, 0.3) is 0 Å². The largest absolute Gasteiger partial charge is 0.377 e. The van der Waals surface area contributed by atoms with Crippen molar-refractivity contribution in [3.8, 4) is 0 Å². The lowest BCUT2D eigenvalue weighted by Crippen LogP contribution is -2.46. The first-order valence-corrected chi connectivity index (χ1v) is 8.92. The second-order valence-corrected chi connectivity index (χ2v) is 7.13. The van der Waals surface area contributed by atoms with Crippen LogP contribution in [0.1, 0.15) is 58.3 Å². The molecule has 0 bridgehead atoms. The van der Waals surface area contributed by atoms with Gasteiger partial charge in [0, 0.05) is 31.8 Å². The van der Waals surface area contributed by atoms with E-state index in [1.807, 2.05) is 0 Å². The van der Waals surface area contributed by atoms with Crippen molar-refractivity contribution in [3.63, 3.8) is 0 Å². The van der Waals surface area contributed by atoms with Crippen molar-refractivity contribution in [2.45, 2.75) is 76.5 Å². The molecular formula is C17H32N2O. The van der Waals surface area contributed by atoms with Crippen LogP contribution in [0.2, 0.25) is 0 Å². The van der Waals surface area contributed by atoms with Crippen LogP contribution in [-0.4, -0.2) is 49.3 Å². The Morgan fingerprint density at radius 1 is 1.10 bits per heavy atom. The van der Waals surface area contributed by atoms with Crippen molar-refractivity contribution in [1.82, 2.24) is 10.2 Å². The van der Waals surface area contributed by atoms with Gasteiger partial charge in [0.1, 0.15) is 0 Å². The van der Waals surface area contributed by atoms with Gasteiger partial charge in [0.15, 0.2) is 0 Å². The van der Waals surface area contributed by atoms with Gasteiger partial charge in [-0.25, -0.2) is 0 Å². The summed E-state index contributed by atoms with van der Waals surface area (Å²) in [5.41, 5.74) is 0. The molecule has 0 aromatic carbocycles. The van der Waals surface area contributed by atoms with Gasteiger partial charge in [-0.3, -0.25) is 4.90 Å². The predicted molar refractivity (Wildman–Crippen MR) is 83.0 cm³/mol. The molecule has 0 aromatic rings. The van der Waals surface area contributed by atoms with Crippen LogP contribution in [-0.2, 0) is 4.74 Å². The van der Waals surface area contributed by atoms with E-state index in [9.17, 15) is 0 Å². The van der Waals surface area contributed by atoms with Crippen molar-refractivity contribution in [2.24, 2.45) is 5.92 Å². The summed E-state index contributed by atoms with van der Waals surface area (Å²) in [5.74, 6) is 0.998. The molecule has 0 radical (unpaired) electrons. The second-order valence-electron chi connectivity index (χ2n) is 7.13. The van der Waals surface area contributed by atoms with Crippen LogP contribution in [0.3, 0.4) is 0 Å². The molecule has 3 rings (SSSR count). The van der Waals surface area contributed by atoms with Crippen LogP contribution in [0.15, 0.2) is 0 Å². The zero-order valence-corrected chi connectivity index (χ0v) is 13.2. The number of nitrogens with zero attached hydrogens (tertiary/aromatic N) is 1. The van der Waals surface area contributed by atoms with Gasteiger partial charge in [-0.1, -0.05) is 12.8 Å². The fourth-order valence-electron chi connectivity index (χ4n) is 4.59. The van der Waals surface area contributed by atoms with E-state index in [1.54, 1.807) is 0 Å². The fourth-order valence-corrected chi connectivity index (χ4v) is 4.59. The average molecular weight is 280 g/mol. The van der Waals surface area contributed by atoms with Crippen LogP contribution < -0.4 is 5.32 Å². The highest BCUT2D eigenvalue weighted by atomic mass is 16.5. The van der Waals surface area contributed by atoms with E-state index >= 15 is 0 Å². The lowest BCUT2D eigenvalue weighted by molar-refractivity contribution is 0.103. The Morgan fingerprint density at radius 2 is 1.95 bits per heavy atom. The smallest absolute Gasteiger partial charge is 0.0700 e. The van der Waals surface area contributed by atoms with Crippen LogP contribution in [0.5, 0.6) is 0 Å². The minimum Gasteiger partial charge on any atom is -0.377 e. The number of hydrogen-bond donors (Lipinski definition) is 1. The van der Waals surface area contributed by atoms with Gasteiger partial charge in [-0.05, 0) is 57.9 Å². The normalized spacial score (nSPS) is 34.0. The number of nitrogens with one attached hydrogen (secondary N) is 1. The highest BCUT2D eigenvalue weighted by Crippen LogP contribution is 2.36. The molecule has 3 fully saturated rings. The third kappa shape index (κ3) is 3.55. The molecule has 20 heavy (non-hydrogen) atoms. The topological polar surface area (TPSA) is 24.5 Å². The van der Waals surface area contributed by atoms with Crippen LogP contribution in [0, 0.1) is 5.92 Å². The van der Waals surface area contributed by atoms with Crippen molar-refractivity contribution < 1.29 is 4.74 Å². The second kappa shape index (κ2) is 7.24. The molecule has 3 nitrogen and oxygen atoms in total. The van der Waals surface area contributed by atoms with E-state index in [4.69, 9.17) is 4.74 Å². The summed E-state index contributed by atoms with van der Waals surface area (Å²) in [5, 5.41) is 3.65. The first-order valence-electron chi connectivity index (χ1n) is 8.92. The molecule has 3 aliphatic rings. The van der Waals surface area contributed by atoms with E-state index in [1.165, 1.54) is 57.9 Å². The Labute approximate surface area is 124 Å². The molecule has 2 heterocycles. The molecule has 116 valence electrons. The molecule has 3 atom stereocenters. The Kier molecular flexibility index (Phi) is 5.36. The fraction of sp³-hybridized carbons (Fsp3) is 1.00. The van der Waals surface area contributed by atoms with Gasteiger partial charge in [-0.2, -0.15) is 0 Å². The number of rotatable bonds is 6. The molecule has 1 saturated carbocycles. The van der Waals surface area contributed by atoms with Crippen molar-refractivity contribution in [1.29, 1.82) is 0 Å². The van der Waals surface area contributed by atoms with E-state index in [0.29, 0.717) is 12.1 Å². The van der Waals surface area contributed by atoms with Crippen LogP contribution >= 0.6 is 0 Å². The molecule has 1 aliphatic carbocycles. The van der Waals surface area contributed by atoms with Gasteiger partial charge in [0.05, 0.1) is 6.10 Å². The standard InChI is InChI=1S/C17H32N2O/c1-14(12-18-13-16-8-5-11-20-16)19-10-4-9-17(19)15-6-2-3-7-15/h14-18H,2-13H2,1H3. The van der Waals surface area contributed by atoms with Crippen molar-refractivity contribution >= 4 is 0 Å². The summed E-state index contributed by atoms with van der Waals surface area (Å²) in [7, 11) is 0. The SMILES string of the molecule is CC(CNCC1CCCO1)N1CCCC1C1CCCC1. The summed E-state index contributed by atoms with van der Waals surface area (Å²) < 4.78 is 5.69. The summed E-state index contributed by atoms with van der Waals surface area (Å²) in [6, 6.07) is 1.57. The first kappa shape index (κ1) is 14.8. The maximum absolute atomic E-state index is 5.69. The van der Waals surface area contributed by atoms with E-state index in [-0.39, 0.29) is 0 Å². The van der Waals surface area contributed by atoms with Gasteiger partial charge in [0.2, 0.25) is 0 Å². The molecule has 1 N–H and O–H groups in total. The molecule has 0 aromatic heterocycles. The van der Waals surface area contributed by atoms with Gasteiger partial charge in [0.25, 0.3) is 0 Å². The van der Waals surface area contributed by atoms with Gasteiger partial charge < -0.3 is 10.1 Å². The average Bonchev–Trinajstić information content (AvgIpc) is 3.19. The monoisotopic (exact) mass is 280 g/mol. The number of likely N-dealkylation sites (tertiary alicyclic amines) is 1. The quantitative estimate of drug-likeness (QED) is 0.810. The minimum atomic E-state index is 0.478. The Hall–Kier alpha value is -0.120. The van der Waals surface area contributed by atoms with Crippen molar-refractivity contribution in [2.75, 3.05) is 26.2 Å². The summed E-state index contributed by atoms with van der Waals surface area (Å²) >= 11 is 0. The highest BCUT2D eigenvalue weighted by Gasteiger charge is 2.35. The molecular weight excluding hydrogens is 248 g/mol. The van der Waals surface area contributed by atoms with E-state index < -0.39 is 0 Å². The number of ether oxygens (including phenoxy) is 1. The van der Waals surface area contributed by atoms with Gasteiger partial charge >= 0.3 is 0 Å². The van der Waals surface area contributed by atoms with E-state index in [2.05, 4.69) is 17.1 Å². The maximum Gasteiger partial charge on any atom is 0.0700 e. The molecule has 0 spiro atoms. The Morgan fingerprint density at radius 3 is 2.70 bits per heavy atom. The summed E-state index contributed by atoms with van der Waals surface area (Å²) in [6.07, 6.45) is 11.7. The molecule has 2 aliphatic heterocycles. The predicted octanol–water partition coefficient (Wildman–Crippen LogP) is 2.80. The highest BCUT2D eigenvalue weighted by molar-refractivity contribution is 4.90. The Bertz CT molecular complexity index is 285. The van der Waals surface area contributed by atoms with E-state index in [0.717, 1.165) is 31.7 Å². The zero-order valence-electron chi connectivity index (χ0n) is 13.2. The maximum atomic E-state index is 5.69. The third-order valence-electron chi connectivity index (χ3n) is 5.69. The molecule has 0 amide bonds. The zero-order chi connectivity index (χ0) is 13.8. The summed E-state index contributed by atoms with van der Waals surface area (Å²) in [4.78, 5) is 2.80. The molecule has 3 unspecified atom stereocenters. The van der Waals surface area contributed by atoms with Crippen molar-refractivity contribution in [3.05, 3.63) is 0 Å². The first-order chi connectivity index (χ1) is 9.84. The number of hydrogen-bond acceptors (Lipinski definition) is 3. The van der Waals surface area contributed by atoms with Gasteiger partial charge in [-0.15, -0.1) is 0 Å². The lowest BCUT2D eigenvalue weighted by atomic mass is 9.95. The van der Waals surface area contributed by atoms with Crippen LogP contribution in [0.4, 0.5) is 0 Å². The minimum absolute atomic E-state index is 0.478. The molecule has 3 heteroatoms. The summed E-state index contributed by atoms with van der Waals surface area (Å²) in [6.45, 7) is 6.88.